The van der Waals surface area contributed by atoms with Crippen molar-refractivity contribution < 1.29 is 8.42 Å². The molecule has 0 aromatic carbocycles. The lowest BCUT2D eigenvalue weighted by Crippen LogP contribution is -2.30. The van der Waals surface area contributed by atoms with Gasteiger partial charge >= 0.3 is 0 Å². The number of hydrogen-bond donors (Lipinski definition) is 2. The van der Waals surface area contributed by atoms with Gasteiger partial charge in [0.15, 0.2) is 5.03 Å². The van der Waals surface area contributed by atoms with Gasteiger partial charge < -0.3 is 10.3 Å². The summed E-state index contributed by atoms with van der Waals surface area (Å²) in [7, 11) is -1.50. The van der Waals surface area contributed by atoms with Crippen molar-refractivity contribution in [2.75, 3.05) is 26.7 Å². The van der Waals surface area contributed by atoms with Crippen LogP contribution in [0.2, 0.25) is 0 Å². The van der Waals surface area contributed by atoms with Crippen LogP contribution in [0.4, 0.5) is 0 Å². The molecule has 1 aliphatic heterocycles. The summed E-state index contributed by atoms with van der Waals surface area (Å²) >= 11 is 0. The number of aryl methyl sites for hydroxylation is 1. The molecule has 18 heavy (non-hydrogen) atoms. The molecule has 1 atom stereocenters. The zero-order valence-corrected chi connectivity index (χ0v) is 11.6. The van der Waals surface area contributed by atoms with E-state index in [4.69, 9.17) is 0 Å². The first-order chi connectivity index (χ1) is 8.57. The summed E-state index contributed by atoms with van der Waals surface area (Å²) in [5.74, 6) is 1.11. The predicted molar refractivity (Wildman–Crippen MR) is 68.8 cm³/mol. The van der Waals surface area contributed by atoms with Crippen molar-refractivity contribution in [3.8, 4) is 0 Å². The van der Waals surface area contributed by atoms with Gasteiger partial charge in [0.05, 0.1) is 6.20 Å². The van der Waals surface area contributed by atoms with Crippen LogP contribution >= 0.6 is 0 Å². The van der Waals surface area contributed by atoms with Gasteiger partial charge in [0.1, 0.15) is 5.82 Å². The second-order valence-corrected chi connectivity index (χ2v) is 6.53. The molecule has 1 aliphatic rings. The Hall–Kier alpha value is -0.920. The van der Waals surface area contributed by atoms with Crippen LogP contribution in [-0.2, 0) is 16.4 Å². The second kappa shape index (κ2) is 5.38. The second-order valence-electron chi connectivity index (χ2n) is 4.62. The summed E-state index contributed by atoms with van der Waals surface area (Å²) in [5, 5.41) is 3.31. The average molecular weight is 272 g/mol. The normalized spacial score (nSPS) is 21.6. The Labute approximate surface area is 108 Å². The lowest BCUT2D eigenvalue weighted by molar-refractivity contribution is 0.449. The number of H-pyrrole nitrogens is 1. The summed E-state index contributed by atoms with van der Waals surface area (Å²) in [6, 6.07) is 0. The number of nitrogens with one attached hydrogen (secondary N) is 2. The van der Waals surface area contributed by atoms with Gasteiger partial charge in [-0.2, -0.15) is 4.31 Å². The summed E-state index contributed by atoms with van der Waals surface area (Å²) in [5.41, 5.74) is 0. The summed E-state index contributed by atoms with van der Waals surface area (Å²) in [4.78, 5) is 6.92. The third-order valence-corrected chi connectivity index (χ3v) is 5.07. The van der Waals surface area contributed by atoms with Crippen LogP contribution in [-0.4, -0.2) is 49.4 Å². The summed E-state index contributed by atoms with van der Waals surface area (Å²) < 4.78 is 26.2. The first kappa shape index (κ1) is 13.5. The van der Waals surface area contributed by atoms with Crippen molar-refractivity contribution in [1.29, 1.82) is 0 Å². The zero-order chi connectivity index (χ0) is 13.2. The number of imidazole rings is 1. The molecule has 1 aromatic heterocycles. The monoisotopic (exact) mass is 272 g/mol. The SMILES string of the molecule is CCc1ncc(S(=O)(=O)N2CCC(CNC)C2)[nH]1. The molecule has 0 bridgehead atoms. The van der Waals surface area contributed by atoms with Gasteiger partial charge in [-0.15, -0.1) is 0 Å². The van der Waals surface area contributed by atoms with E-state index in [-0.39, 0.29) is 5.03 Å². The van der Waals surface area contributed by atoms with E-state index >= 15 is 0 Å². The number of sulfonamides is 1. The third-order valence-electron chi connectivity index (χ3n) is 3.30. The average Bonchev–Trinajstić information content (AvgIpc) is 2.98. The lowest BCUT2D eigenvalue weighted by Gasteiger charge is -2.15. The number of nitrogens with zero attached hydrogens (tertiary/aromatic N) is 2. The molecule has 0 saturated carbocycles. The molecule has 2 rings (SSSR count). The fraction of sp³-hybridized carbons (Fsp3) is 0.727. The van der Waals surface area contributed by atoms with Crippen molar-refractivity contribution in [2.24, 2.45) is 5.92 Å². The Morgan fingerprint density at radius 2 is 2.39 bits per heavy atom. The molecule has 2 heterocycles. The molecule has 0 radical (unpaired) electrons. The Morgan fingerprint density at radius 3 is 3.00 bits per heavy atom. The predicted octanol–water partition coefficient (Wildman–Crippen LogP) is 0.202. The van der Waals surface area contributed by atoms with E-state index in [0.29, 0.717) is 31.3 Å². The van der Waals surface area contributed by atoms with E-state index in [2.05, 4.69) is 15.3 Å². The fourth-order valence-electron chi connectivity index (χ4n) is 2.26. The van der Waals surface area contributed by atoms with E-state index < -0.39 is 10.0 Å². The maximum Gasteiger partial charge on any atom is 0.260 e. The maximum absolute atomic E-state index is 12.3. The van der Waals surface area contributed by atoms with Gasteiger partial charge in [0, 0.05) is 19.5 Å². The molecule has 7 heteroatoms. The number of aromatic nitrogens is 2. The van der Waals surface area contributed by atoms with Crippen LogP contribution in [0.1, 0.15) is 19.2 Å². The lowest BCUT2D eigenvalue weighted by atomic mass is 10.1. The van der Waals surface area contributed by atoms with Gasteiger partial charge in [-0.1, -0.05) is 6.92 Å². The van der Waals surface area contributed by atoms with Crippen LogP contribution in [0, 0.1) is 5.92 Å². The highest BCUT2D eigenvalue weighted by molar-refractivity contribution is 7.89. The number of rotatable bonds is 5. The molecular weight excluding hydrogens is 252 g/mol. The molecule has 1 fully saturated rings. The van der Waals surface area contributed by atoms with Crippen LogP contribution in [0.5, 0.6) is 0 Å². The van der Waals surface area contributed by atoms with Crippen LogP contribution in [0.3, 0.4) is 0 Å². The van der Waals surface area contributed by atoms with Crippen LogP contribution < -0.4 is 5.32 Å². The molecule has 1 aromatic rings. The quantitative estimate of drug-likeness (QED) is 0.803. The minimum atomic E-state index is -3.39. The minimum Gasteiger partial charge on any atom is -0.332 e. The van der Waals surface area contributed by atoms with Crippen molar-refractivity contribution >= 4 is 10.0 Å². The highest BCUT2D eigenvalue weighted by Gasteiger charge is 2.33. The van der Waals surface area contributed by atoms with E-state index in [0.717, 1.165) is 13.0 Å². The molecule has 102 valence electrons. The first-order valence-corrected chi connectivity index (χ1v) is 7.70. The van der Waals surface area contributed by atoms with Gasteiger partial charge in [0.25, 0.3) is 10.0 Å². The van der Waals surface area contributed by atoms with Crippen LogP contribution in [0.15, 0.2) is 11.2 Å². The largest absolute Gasteiger partial charge is 0.332 e. The van der Waals surface area contributed by atoms with E-state index in [1.807, 2.05) is 14.0 Å². The van der Waals surface area contributed by atoms with Gasteiger partial charge in [0.2, 0.25) is 0 Å². The van der Waals surface area contributed by atoms with E-state index in [1.54, 1.807) is 4.31 Å². The first-order valence-electron chi connectivity index (χ1n) is 6.26. The van der Waals surface area contributed by atoms with Crippen molar-refractivity contribution in [1.82, 2.24) is 19.6 Å². The standard InChI is InChI=1S/C11H20N4O2S/c1-3-10-13-7-11(14-10)18(16,17)15-5-4-9(8-15)6-12-2/h7,9,12H,3-6,8H2,1-2H3,(H,13,14). The summed E-state index contributed by atoms with van der Waals surface area (Å²) in [6.45, 7) is 3.97. The number of hydrogen-bond acceptors (Lipinski definition) is 4. The highest BCUT2D eigenvalue weighted by atomic mass is 32.2. The van der Waals surface area contributed by atoms with Gasteiger partial charge in [-0.05, 0) is 25.9 Å². The smallest absolute Gasteiger partial charge is 0.260 e. The van der Waals surface area contributed by atoms with Crippen molar-refractivity contribution in [3.63, 3.8) is 0 Å². The van der Waals surface area contributed by atoms with E-state index in [1.165, 1.54) is 6.20 Å². The van der Waals surface area contributed by atoms with Gasteiger partial charge in [-0.3, -0.25) is 0 Å². The van der Waals surface area contributed by atoms with Crippen LogP contribution in [0.25, 0.3) is 0 Å². The molecule has 0 aliphatic carbocycles. The molecule has 2 N–H and O–H groups in total. The molecular formula is C11H20N4O2S. The topological polar surface area (TPSA) is 78.1 Å². The number of aromatic amines is 1. The van der Waals surface area contributed by atoms with Crippen molar-refractivity contribution in [3.05, 3.63) is 12.0 Å². The molecule has 1 saturated heterocycles. The maximum atomic E-state index is 12.3. The highest BCUT2D eigenvalue weighted by Crippen LogP contribution is 2.23. The van der Waals surface area contributed by atoms with Crippen molar-refractivity contribution in [2.45, 2.75) is 24.8 Å². The third kappa shape index (κ3) is 2.57. The minimum absolute atomic E-state index is 0.212. The molecule has 6 nitrogen and oxygen atoms in total. The Bertz CT molecular complexity index is 497. The molecule has 1 unspecified atom stereocenters. The zero-order valence-electron chi connectivity index (χ0n) is 10.8. The Balaban J connectivity index is 2.12. The molecule has 0 amide bonds. The Kier molecular flexibility index (Phi) is 4.04. The fourth-order valence-corrected chi connectivity index (χ4v) is 3.73. The molecule has 0 spiro atoms. The Morgan fingerprint density at radius 1 is 1.61 bits per heavy atom. The van der Waals surface area contributed by atoms with E-state index in [9.17, 15) is 8.42 Å². The summed E-state index contributed by atoms with van der Waals surface area (Å²) in [6.07, 6.45) is 3.03. The van der Waals surface area contributed by atoms with Gasteiger partial charge in [-0.25, -0.2) is 13.4 Å².